The van der Waals surface area contributed by atoms with E-state index < -0.39 is 0 Å². The van der Waals surface area contributed by atoms with E-state index in [1.807, 2.05) is 55.6 Å². The summed E-state index contributed by atoms with van der Waals surface area (Å²) in [5.74, 6) is 1.52. The number of methoxy groups -OCH3 is 1. The third kappa shape index (κ3) is 4.65. The number of hydrogen-bond acceptors (Lipinski definition) is 3. The zero-order valence-corrected chi connectivity index (χ0v) is 12.5. The Balaban J connectivity index is 1.98. The molecule has 110 valence electrons. The van der Waals surface area contributed by atoms with Crippen molar-refractivity contribution in [1.82, 2.24) is 5.32 Å². The molecule has 0 radical (unpaired) electrons. The van der Waals surface area contributed by atoms with E-state index in [9.17, 15) is 0 Å². The molecular formula is C18H21NO2. The van der Waals surface area contributed by atoms with Crippen LogP contribution in [0.25, 0.3) is 6.08 Å². The molecule has 0 atom stereocenters. The highest BCUT2D eigenvalue weighted by Crippen LogP contribution is 2.28. The minimum atomic E-state index is 0.508. The summed E-state index contributed by atoms with van der Waals surface area (Å²) in [6.07, 6.45) is 4.05. The third-order valence-corrected chi connectivity index (χ3v) is 3.05. The van der Waals surface area contributed by atoms with Gasteiger partial charge in [0.2, 0.25) is 0 Å². The molecule has 3 heteroatoms. The summed E-state index contributed by atoms with van der Waals surface area (Å²) in [6, 6.07) is 16.1. The smallest absolute Gasteiger partial charge is 0.161 e. The van der Waals surface area contributed by atoms with Crippen molar-refractivity contribution in [3.8, 4) is 11.5 Å². The molecule has 2 aromatic carbocycles. The van der Waals surface area contributed by atoms with Gasteiger partial charge < -0.3 is 14.8 Å². The van der Waals surface area contributed by atoms with E-state index in [4.69, 9.17) is 9.47 Å². The fourth-order valence-corrected chi connectivity index (χ4v) is 2.03. The molecule has 0 unspecified atom stereocenters. The molecule has 0 aliphatic carbocycles. The standard InChI is InChI=1S/C18H21NO2/c1-19-14-16-10-11-17(20-2)18(13-16)21-12-6-9-15-7-4-3-5-8-15/h3-11,13,19H,12,14H2,1-2H3/b9-6+. The summed E-state index contributed by atoms with van der Waals surface area (Å²) in [7, 11) is 3.58. The van der Waals surface area contributed by atoms with E-state index in [1.165, 1.54) is 5.56 Å². The molecule has 0 fully saturated rings. The Kier molecular flexibility index (Phi) is 5.85. The Labute approximate surface area is 126 Å². The van der Waals surface area contributed by atoms with Gasteiger partial charge in [-0.15, -0.1) is 0 Å². The van der Waals surface area contributed by atoms with Gasteiger partial charge in [-0.1, -0.05) is 42.5 Å². The molecule has 3 nitrogen and oxygen atoms in total. The molecule has 0 saturated heterocycles. The van der Waals surface area contributed by atoms with Crippen LogP contribution in [-0.2, 0) is 6.54 Å². The molecule has 0 aromatic heterocycles. The Morgan fingerprint density at radius 3 is 2.57 bits per heavy atom. The summed E-state index contributed by atoms with van der Waals surface area (Å²) < 4.78 is 11.1. The average molecular weight is 283 g/mol. The largest absolute Gasteiger partial charge is 0.493 e. The van der Waals surface area contributed by atoms with Gasteiger partial charge in [0.1, 0.15) is 6.61 Å². The molecule has 0 bridgehead atoms. The van der Waals surface area contributed by atoms with Crippen LogP contribution in [0.15, 0.2) is 54.6 Å². The maximum atomic E-state index is 5.80. The molecular weight excluding hydrogens is 262 g/mol. The van der Waals surface area contributed by atoms with Crippen molar-refractivity contribution in [2.45, 2.75) is 6.54 Å². The van der Waals surface area contributed by atoms with E-state index in [0.29, 0.717) is 6.61 Å². The van der Waals surface area contributed by atoms with Crippen molar-refractivity contribution in [3.05, 3.63) is 65.7 Å². The summed E-state index contributed by atoms with van der Waals surface area (Å²) >= 11 is 0. The van der Waals surface area contributed by atoms with Crippen LogP contribution in [0.4, 0.5) is 0 Å². The summed E-state index contributed by atoms with van der Waals surface area (Å²) in [5.41, 5.74) is 2.33. The maximum absolute atomic E-state index is 5.80. The predicted octanol–water partition coefficient (Wildman–Crippen LogP) is 3.51. The van der Waals surface area contributed by atoms with Crippen LogP contribution in [0.1, 0.15) is 11.1 Å². The predicted molar refractivity (Wildman–Crippen MR) is 86.7 cm³/mol. The van der Waals surface area contributed by atoms with Gasteiger partial charge in [-0.05, 0) is 36.4 Å². The zero-order chi connectivity index (χ0) is 14.9. The second-order valence-corrected chi connectivity index (χ2v) is 4.64. The Hall–Kier alpha value is -2.26. The highest BCUT2D eigenvalue weighted by Gasteiger charge is 2.04. The third-order valence-electron chi connectivity index (χ3n) is 3.05. The SMILES string of the molecule is CNCc1ccc(OC)c(OC/C=C/c2ccccc2)c1. The van der Waals surface area contributed by atoms with Crippen LogP contribution in [0, 0.1) is 0 Å². The van der Waals surface area contributed by atoms with Crippen molar-refractivity contribution in [2.75, 3.05) is 20.8 Å². The molecule has 0 spiro atoms. The lowest BCUT2D eigenvalue weighted by molar-refractivity contribution is 0.326. The fourth-order valence-electron chi connectivity index (χ4n) is 2.03. The van der Waals surface area contributed by atoms with Gasteiger partial charge in [-0.2, -0.15) is 0 Å². The summed E-state index contributed by atoms with van der Waals surface area (Å²) in [5, 5.41) is 3.13. The number of benzene rings is 2. The molecule has 0 heterocycles. The van der Waals surface area contributed by atoms with Crippen molar-refractivity contribution in [2.24, 2.45) is 0 Å². The number of hydrogen-bond donors (Lipinski definition) is 1. The van der Waals surface area contributed by atoms with Crippen molar-refractivity contribution >= 4 is 6.08 Å². The van der Waals surface area contributed by atoms with E-state index in [0.717, 1.165) is 23.6 Å². The van der Waals surface area contributed by atoms with Crippen LogP contribution in [0.3, 0.4) is 0 Å². The molecule has 0 aliphatic heterocycles. The Bertz CT molecular complexity index is 579. The molecule has 0 saturated carbocycles. The van der Waals surface area contributed by atoms with Crippen LogP contribution in [-0.4, -0.2) is 20.8 Å². The molecule has 2 aromatic rings. The quantitative estimate of drug-likeness (QED) is 0.843. The normalized spacial score (nSPS) is 10.8. The summed E-state index contributed by atoms with van der Waals surface area (Å²) in [4.78, 5) is 0. The second-order valence-electron chi connectivity index (χ2n) is 4.64. The van der Waals surface area contributed by atoms with Gasteiger partial charge in [0.15, 0.2) is 11.5 Å². The molecule has 0 amide bonds. The van der Waals surface area contributed by atoms with Crippen molar-refractivity contribution < 1.29 is 9.47 Å². The second kappa shape index (κ2) is 8.12. The first-order valence-electron chi connectivity index (χ1n) is 6.99. The maximum Gasteiger partial charge on any atom is 0.161 e. The topological polar surface area (TPSA) is 30.5 Å². The highest BCUT2D eigenvalue weighted by molar-refractivity contribution is 5.49. The van der Waals surface area contributed by atoms with Gasteiger partial charge >= 0.3 is 0 Å². The van der Waals surface area contributed by atoms with Crippen LogP contribution in [0.5, 0.6) is 11.5 Å². The fraction of sp³-hybridized carbons (Fsp3) is 0.222. The first-order valence-corrected chi connectivity index (χ1v) is 6.99. The minimum absolute atomic E-state index is 0.508. The van der Waals surface area contributed by atoms with Gasteiger partial charge in [-0.3, -0.25) is 0 Å². The lowest BCUT2D eigenvalue weighted by Gasteiger charge is -2.11. The van der Waals surface area contributed by atoms with E-state index in [-0.39, 0.29) is 0 Å². The van der Waals surface area contributed by atoms with Crippen LogP contribution < -0.4 is 14.8 Å². The zero-order valence-electron chi connectivity index (χ0n) is 12.5. The molecule has 21 heavy (non-hydrogen) atoms. The van der Waals surface area contributed by atoms with Crippen LogP contribution >= 0.6 is 0 Å². The van der Waals surface area contributed by atoms with Gasteiger partial charge in [-0.25, -0.2) is 0 Å². The lowest BCUT2D eigenvalue weighted by atomic mass is 10.2. The lowest BCUT2D eigenvalue weighted by Crippen LogP contribution is -2.05. The van der Waals surface area contributed by atoms with Crippen molar-refractivity contribution in [3.63, 3.8) is 0 Å². The molecule has 2 rings (SSSR count). The van der Waals surface area contributed by atoms with Crippen LogP contribution in [0.2, 0.25) is 0 Å². The first-order chi connectivity index (χ1) is 10.3. The Morgan fingerprint density at radius 1 is 1.05 bits per heavy atom. The van der Waals surface area contributed by atoms with E-state index >= 15 is 0 Å². The number of rotatable bonds is 7. The number of nitrogens with one attached hydrogen (secondary N) is 1. The molecule has 0 aliphatic rings. The van der Waals surface area contributed by atoms with Crippen molar-refractivity contribution in [1.29, 1.82) is 0 Å². The minimum Gasteiger partial charge on any atom is -0.493 e. The van der Waals surface area contributed by atoms with Gasteiger partial charge in [0, 0.05) is 6.54 Å². The summed E-state index contributed by atoms with van der Waals surface area (Å²) in [6.45, 7) is 1.31. The van der Waals surface area contributed by atoms with E-state index in [1.54, 1.807) is 7.11 Å². The monoisotopic (exact) mass is 283 g/mol. The van der Waals surface area contributed by atoms with Gasteiger partial charge in [0.05, 0.1) is 7.11 Å². The number of ether oxygens (including phenoxy) is 2. The first kappa shape index (κ1) is 15.1. The van der Waals surface area contributed by atoms with E-state index in [2.05, 4.69) is 17.4 Å². The highest BCUT2D eigenvalue weighted by atomic mass is 16.5. The Morgan fingerprint density at radius 2 is 1.86 bits per heavy atom. The molecule has 1 N–H and O–H groups in total. The average Bonchev–Trinajstić information content (AvgIpc) is 2.53. The van der Waals surface area contributed by atoms with Gasteiger partial charge in [0.25, 0.3) is 0 Å².